The van der Waals surface area contributed by atoms with E-state index in [0.717, 1.165) is 5.56 Å². The summed E-state index contributed by atoms with van der Waals surface area (Å²) in [6.45, 7) is 3.57. The van der Waals surface area contributed by atoms with Crippen LogP contribution in [0.25, 0.3) is 0 Å². The van der Waals surface area contributed by atoms with Crippen LogP contribution in [-0.2, 0) is 6.42 Å². The van der Waals surface area contributed by atoms with Crippen molar-refractivity contribution in [3.63, 3.8) is 0 Å². The maximum atomic E-state index is 10.4. The summed E-state index contributed by atoms with van der Waals surface area (Å²) in [5.74, 6) is 0.399. The lowest BCUT2D eigenvalue weighted by molar-refractivity contribution is 0.0197. The van der Waals surface area contributed by atoms with E-state index >= 15 is 0 Å². The van der Waals surface area contributed by atoms with E-state index in [-0.39, 0.29) is 23.7 Å². The molecule has 1 heterocycles. The lowest BCUT2D eigenvalue weighted by atomic mass is 9.92. The van der Waals surface area contributed by atoms with Gasteiger partial charge in [0.2, 0.25) is 0 Å². The molecule has 0 radical (unpaired) electrons. The molecule has 2 unspecified atom stereocenters. The van der Waals surface area contributed by atoms with E-state index in [1.165, 1.54) is 12.1 Å². The van der Waals surface area contributed by atoms with Crippen molar-refractivity contribution in [1.29, 1.82) is 0 Å². The lowest BCUT2D eigenvalue weighted by Crippen LogP contribution is -2.30. The van der Waals surface area contributed by atoms with E-state index in [2.05, 4.69) is 0 Å². The van der Waals surface area contributed by atoms with Crippen LogP contribution in [0.3, 0.4) is 0 Å². The summed E-state index contributed by atoms with van der Waals surface area (Å²) in [7, 11) is 0. The number of hydrogen-bond acceptors (Lipinski definition) is 5. The van der Waals surface area contributed by atoms with Gasteiger partial charge in [-0.15, -0.1) is 0 Å². The van der Waals surface area contributed by atoms with Gasteiger partial charge in [0.15, 0.2) is 0 Å². The second-order valence-corrected chi connectivity index (χ2v) is 5.75. The van der Waals surface area contributed by atoms with Crippen molar-refractivity contribution < 1.29 is 25.2 Å². The Bertz CT molecular complexity index is 715. The van der Waals surface area contributed by atoms with Crippen LogP contribution in [0.4, 0.5) is 0 Å². The standard InChI is InChI=1S/C17H18O5/c1-8-3-10(4-9(2)16(8)21)17-14(20)7-12-13(19)5-11(18)6-15(12)22-17/h3-6,14,17-21H,7H2,1-2H3. The first-order valence-corrected chi connectivity index (χ1v) is 7.06. The number of benzene rings is 2. The monoisotopic (exact) mass is 302 g/mol. The molecule has 0 aromatic heterocycles. The van der Waals surface area contributed by atoms with Crippen molar-refractivity contribution in [1.82, 2.24) is 0 Å². The number of aryl methyl sites for hydroxylation is 2. The molecule has 0 aliphatic carbocycles. The molecule has 1 aliphatic rings. The molecule has 116 valence electrons. The smallest absolute Gasteiger partial charge is 0.150 e. The van der Waals surface area contributed by atoms with E-state index in [0.29, 0.717) is 22.4 Å². The van der Waals surface area contributed by atoms with Gasteiger partial charge >= 0.3 is 0 Å². The maximum Gasteiger partial charge on any atom is 0.150 e. The van der Waals surface area contributed by atoms with Gasteiger partial charge in [-0.25, -0.2) is 0 Å². The van der Waals surface area contributed by atoms with Crippen molar-refractivity contribution >= 4 is 0 Å². The number of fused-ring (bicyclic) bond motifs is 1. The maximum absolute atomic E-state index is 10.4. The van der Waals surface area contributed by atoms with Crippen LogP contribution in [0.5, 0.6) is 23.0 Å². The Morgan fingerprint density at radius 3 is 2.27 bits per heavy atom. The van der Waals surface area contributed by atoms with Gasteiger partial charge in [-0.1, -0.05) is 0 Å². The molecule has 0 amide bonds. The molecule has 2 atom stereocenters. The normalized spacial score (nSPS) is 20.3. The van der Waals surface area contributed by atoms with Crippen molar-refractivity contribution in [3.8, 4) is 23.0 Å². The van der Waals surface area contributed by atoms with Gasteiger partial charge in [-0.3, -0.25) is 0 Å². The Balaban J connectivity index is 2.03. The van der Waals surface area contributed by atoms with Crippen LogP contribution >= 0.6 is 0 Å². The molecule has 0 spiro atoms. The Hall–Kier alpha value is -2.40. The second-order valence-electron chi connectivity index (χ2n) is 5.75. The van der Waals surface area contributed by atoms with Crippen LogP contribution < -0.4 is 4.74 Å². The molecule has 2 aromatic rings. The SMILES string of the molecule is Cc1cc(C2Oc3cc(O)cc(O)c3CC2O)cc(C)c1O. The van der Waals surface area contributed by atoms with Gasteiger partial charge < -0.3 is 25.2 Å². The van der Waals surface area contributed by atoms with Gasteiger partial charge in [0, 0.05) is 24.1 Å². The zero-order valence-electron chi connectivity index (χ0n) is 12.4. The van der Waals surface area contributed by atoms with E-state index in [9.17, 15) is 20.4 Å². The third kappa shape index (κ3) is 2.33. The molecule has 0 saturated carbocycles. The molecular formula is C17H18O5. The fourth-order valence-electron chi connectivity index (χ4n) is 2.90. The Morgan fingerprint density at radius 2 is 1.64 bits per heavy atom. The van der Waals surface area contributed by atoms with E-state index in [4.69, 9.17) is 4.74 Å². The first kappa shape index (κ1) is 14.5. The predicted octanol–water partition coefficient (Wildman–Crippen LogP) is 2.46. The highest BCUT2D eigenvalue weighted by Gasteiger charge is 2.32. The zero-order valence-corrected chi connectivity index (χ0v) is 12.4. The lowest BCUT2D eigenvalue weighted by Gasteiger charge is -2.31. The number of aromatic hydroxyl groups is 3. The summed E-state index contributed by atoms with van der Waals surface area (Å²) < 4.78 is 5.79. The first-order chi connectivity index (χ1) is 10.4. The predicted molar refractivity (Wildman–Crippen MR) is 80.4 cm³/mol. The highest BCUT2D eigenvalue weighted by Crippen LogP contribution is 2.42. The van der Waals surface area contributed by atoms with Crippen molar-refractivity contribution in [2.75, 3.05) is 0 Å². The molecule has 22 heavy (non-hydrogen) atoms. The van der Waals surface area contributed by atoms with E-state index in [1.807, 2.05) is 0 Å². The summed E-state index contributed by atoms with van der Waals surface area (Å²) in [5, 5.41) is 39.6. The molecule has 0 bridgehead atoms. The number of hydrogen-bond donors (Lipinski definition) is 4. The fourth-order valence-corrected chi connectivity index (χ4v) is 2.90. The molecule has 1 aliphatic heterocycles. The molecule has 5 heteroatoms. The summed E-state index contributed by atoms with van der Waals surface area (Å²) in [6.07, 6.45) is -1.22. The minimum atomic E-state index is -0.828. The minimum absolute atomic E-state index is 0.0921. The molecule has 5 nitrogen and oxygen atoms in total. The van der Waals surface area contributed by atoms with E-state index < -0.39 is 12.2 Å². The summed E-state index contributed by atoms with van der Waals surface area (Å²) in [6, 6.07) is 6.19. The average Bonchev–Trinajstić information content (AvgIpc) is 2.44. The quantitative estimate of drug-likeness (QED) is 0.649. The Labute approximate surface area is 128 Å². The van der Waals surface area contributed by atoms with Gasteiger partial charge in [-0.2, -0.15) is 0 Å². The van der Waals surface area contributed by atoms with Gasteiger partial charge in [0.05, 0.1) is 6.10 Å². The number of rotatable bonds is 1. The number of ether oxygens (including phenoxy) is 1. The van der Waals surface area contributed by atoms with Crippen LogP contribution in [0.2, 0.25) is 0 Å². The number of aliphatic hydroxyl groups is 1. The molecular weight excluding hydrogens is 284 g/mol. The van der Waals surface area contributed by atoms with Crippen LogP contribution in [0.1, 0.15) is 28.4 Å². The summed E-state index contributed by atoms with van der Waals surface area (Å²) in [5.41, 5.74) is 2.63. The Kier molecular flexibility index (Phi) is 3.37. The van der Waals surface area contributed by atoms with Crippen molar-refractivity contribution in [2.45, 2.75) is 32.5 Å². The fraction of sp³-hybridized carbons (Fsp3) is 0.294. The zero-order chi connectivity index (χ0) is 16.0. The number of phenolic OH excluding ortho intramolecular Hbond substituents is 3. The number of aliphatic hydroxyl groups excluding tert-OH is 1. The second kappa shape index (κ2) is 5.10. The summed E-state index contributed by atoms with van der Waals surface area (Å²) in [4.78, 5) is 0. The van der Waals surface area contributed by atoms with Gasteiger partial charge in [-0.05, 0) is 42.7 Å². The van der Waals surface area contributed by atoms with Crippen molar-refractivity contribution in [2.24, 2.45) is 0 Å². The summed E-state index contributed by atoms with van der Waals surface area (Å²) >= 11 is 0. The molecule has 0 saturated heterocycles. The Morgan fingerprint density at radius 1 is 1.00 bits per heavy atom. The molecule has 0 fully saturated rings. The number of phenols is 3. The van der Waals surface area contributed by atoms with Crippen LogP contribution in [-0.4, -0.2) is 26.5 Å². The average molecular weight is 302 g/mol. The topological polar surface area (TPSA) is 90.2 Å². The molecule has 4 N–H and O–H groups in total. The first-order valence-electron chi connectivity index (χ1n) is 7.06. The minimum Gasteiger partial charge on any atom is -0.508 e. The van der Waals surface area contributed by atoms with Crippen LogP contribution in [0.15, 0.2) is 24.3 Å². The molecule has 3 rings (SSSR count). The highest BCUT2D eigenvalue weighted by atomic mass is 16.5. The van der Waals surface area contributed by atoms with E-state index in [1.54, 1.807) is 26.0 Å². The largest absolute Gasteiger partial charge is 0.508 e. The third-order valence-electron chi connectivity index (χ3n) is 4.03. The van der Waals surface area contributed by atoms with Crippen LogP contribution in [0, 0.1) is 13.8 Å². The molecule has 2 aromatic carbocycles. The van der Waals surface area contributed by atoms with Gasteiger partial charge in [0.25, 0.3) is 0 Å². The third-order valence-corrected chi connectivity index (χ3v) is 4.03. The highest BCUT2D eigenvalue weighted by molar-refractivity contribution is 5.52. The van der Waals surface area contributed by atoms with Gasteiger partial charge in [0.1, 0.15) is 29.1 Å². The van der Waals surface area contributed by atoms with Crippen molar-refractivity contribution in [3.05, 3.63) is 46.5 Å².